The van der Waals surface area contributed by atoms with Crippen LogP contribution in [0.5, 0.6) is 5.75 Å². The van der Waals surface area contributed by atoms with E-state index in [1.54, 1.807) is 13.3 Å². The van der Waals surface area contributed by atoms with Crippen molar-refractivity contribution in [3.63, 3.8) is 0 Å². The number of rotatable bonds is 6. The lowest BCUT2D eigenvalue weighted by atomic mass is 10.1. The first-order valence-corrected chi connectivity index (χ1v) is 8.13. The van der Waals surface area contributed by atoms with Crippen LogP contribution in [-0.2, 0) is 6.54 Å². The predicted molar refractivity (Wildman–Crippen MR) is 102 cm³/mol. The van der Waals surface area contributed by atoms with Gasteiger partial charge in [-0.05, 0) is 35.9 Å². The average Bonchev–Trinajstić information content (AvgIpc) is 2.67. The summed E-state index contributed by atoms with van der Waals surface area (Å²) in [5.41, 5.74) is 4.28. The molecule has 25 heavy (non-hydrogen) atoms. The maximum absolute atomic E-state index is 5.17. The highest BCUT2D eigenvalue weighted by atomic mass is 16.5. The van der Waals surface area contributed by atoms with Crippen molar-refractivity contribution in [3.05, 3.63) is 66.4 Å². The first kappa shape index (κ1) is 16.8. The standard InChI is InChI=1S/C20H22N4O/c1-24(2)17-8-6-16(7-9-17)19-12-13-21-20(23-19)22-14-15-4-10-18(25-3)11-5-15/h4-13H,14H2,1-3H3,(H,21,22,23). The Morgan fingerprint density at radius 3 is 2.32 bits per heavy atom. The third-order valence-corrected chi connectivity index (χ3v) is 3.94. The van der Waals surface area contributed by atoms with Crippen LogP contribution < -0.4 is 15.0 Å². The van der Waals surface area contributed by atoms with Gasteiger partial charge in [-0.2, -0.15) is 0 Å². The van der Waals surface area contributed by atoms with Crippen molar-refractivity contribution < 1.29 is 4.74 Å². The highest BCUT2D eigenvalue weighted by Gasteiger charge is 2.04. The average molecular weight is 334 g/mol. The lowest BCUT2D eigenvalue weighted by Gasteiger charge is -2.12. The summed E-state index contributed by atoms with van der Waals surface area (Å²) in [7, 11) is 5.72. The summed E-state index contributed by atoms with van der Waals surface area (Å²) < 4.78 is 5.17. The van der Waals surface area contributed by atoms with Gasteiger partial charge in [0, 0.05) is 38.1 Å². The molecular weight excluding hydrogens is 312 g/mol. The van der Waals surface area contributed by atoms with E-state index in [9.17, 15) is 0 Å². The highest BCUT2D eigenvalue weighted by Crippen LogP contribution is 2.21. The Morgan fingerprint density at radius 1 is 0.960 bits per heavy atom. The molecule has 2 aromatic carbocycles. The van der Waals surface area contributed by atoms with E-state index >= 15 is 0 Å². The molecule has 128 valence electrons. The second kappa shape index (κ2) is 7.66. The molecular formula is C20H22N4O. The molecule has 1 heterocycles. The van der Waals surface area contributed by atoms with Gasteiger partial charge in [0.15, 0.2) is 0 Å². The zero-order valence-corrected chi connectivity index (χ0v) is 14.7. The van der Waals surface area contributed by atoms with E-state index in [-0.39, 0.29) is 0 Å². The van der Waals surface area contributed by atoms with Gasteiger partial charge in [0.1, 0.15) is 5.75 Å². The Morgan fingerprint density at radius 2 is 1.68 bits per heavy atom. The molecule has 0 aliphatic heterocycles. The Bertz CT molecular complexity index is 814. The van der Waals surface area contributed by atoms with Crippen molar-refractivity contribution in [3.8, 4) is 17.0 Å². The molecule has 0 atom stereocenters. The second-order valence-corrected chi connectivity index (χ2v) is 5.91. The first-order valence-electron chi connectivity index (χ1n) is 8.13. The maximum Gasteiger partial charge on any atom is 0.223 e. The molecule has 3 aromatic rings. The summed E-state index contributed by atoms with van der Waals surface area (Å²) in [4.78, 5) is 11.0. The number of aromatic nitrogens is 2. The van der Waals surface area contributed by atoms with E-state index in [0.29, 0.717) is 12.5 Å². The van der Waals surface area contributed by atoms with Gasteiger partial charge in [0.2, 0.25) is 5.95 Å². The number of methoxy groups -OCH3 is 1. The first-order chi connectivity index (χ1) is 12.2. The van der Waals surface area contributed by atoms with Gasteiger partial charge in [0.25, 0.3) is 0 Å². The van der Waals surface area contributed by atoms with Gasteiger partial charge in [-0.25, -0.2) is 9.97 Å². The van der Waals surface area contributed by atoms with Gasteiger partial charge in [0.05, 0.1) is 12.8 Å². The minimum atomic E-state index is 0.616. The van der Waals surface area contributed by atoms with Crippen LogP contribution in [0.25, 0.3) is 11.3 Å². The van der Waals surface area contributed by atoms with Crippen LogP contribution in [-0.4, -0.2) is 31.2 Å². The minimum Gasteiger partial charge on any atom is -0.497 e. The molecule has 1 N–H and O–H groups in total. The number of ether oxygens (including phenoxy) is 1. The number of hydrogen-bond donors (Lipinski definition) is 1. The minimum absolute atomic E-state index is 0.616. The normalized spacial score (nSPS) is 10.4. The number of benzene rings is 2. The predicted octanol–water partition coefficient (Wildman–Crippen LogP) is 3.83. The van der Waals surface area contributed by atoms with Gasteiger partial charge in [-0.3, -0.25) is 0 Å². The monoisotopic (exact) mass is 334 g/mol. The Kier molecular flexibility index (Phi) is 5.14. The summed E-state index contributed by atoms with van der Waals surface area (Å²) in [6, 6.07) is 18.2. The van der Waals surface area contributed by atoms with Gasteiger partial charge in [-0.15, -0.1) is 0 Å². The van der Waals surface area contributed by atoms with Crippen molar-refractivity contribution in [2.75, 3.05) is 31.4 Å². The molecule has 1 aromatic heterocycles. The molecule has 0 aliphatic carbocycles. The van der Waals surface area contributed by atoms with Crippen molar-refractivity contribution in [1.29, 1.82) is 0 Å². The Balaban J connectivity index is 1.70. The largest absolute Gasteiger partial charge is 0.497 e. The fraction of sp³-hybridized carbons (Fsp3) is 0.200. The molecule has 3 rings (SSSR count). The summed E-state index contributed by atoms with van der Waals surface area (Å²) in [6.07, 6.45) is 1.78. The van der Waals surface area contributed by atoms with Gasteiger partial charge in [-0.1, -0.05) is 24.3 Å². The molecule has 0 saturated carbocycles. The van der Waals surface area contributed by atoms with E-state index in [2.05, 4.69) is 44.5 Å². The van der Waals surface area contributed by atoms with Crippen molar-refractivity contribution >= 4 is 11.6 Å². The van der Waals surface area contributed by atoms with E-state index < -0.39 is 0 Å². The van der Waals surface area contributed by atoms with Crippen LogP contribution >= 0.6 is 0 Å². The molecule has 0 amide bonds. The lowest BCUT2D eigenvalue weighted by Crippen LogP contribution is -2.08. The molecule has 0 spiro atoms. The number of hydrogen-bond acceptors (Lipinski definition) is 5. The third-order valence-electron chi connectivity index (χ3n) is 3.94. The van der Waals surface area contributed by atoms with Crippen LogP contribution in [0.15, 0.2) is 60.8 Å². The van der Waals surface area contributed by atoms with Crippen LogP contribution in [0.3, 0.4) is 0 Å². The van der Waals surface area contributed by atoms with Crippen LogP contribution in [0.4, 0.5) is 11.6 Å². The number of nitrogens with one attached hydrogen (secondary N) is 1. The topological polar surface area (TPSA) is 50.3 Å². The smallest absolute Gasteiger partial charge is 0.223 e. The van der Waals surface area contributed by atoms with E-state index in [0.717, 1.165) is 28.3 Å². The SMILES string of the molecule is COc1ccc(CNc2nccc(-c3ccc(N(C)C)cc3)n2)cc1. The molecule has 5 nitrogen and oxygen atoms in total. The Labute approximate surface area is 148 Å². The summed E-state index contributed by atoms with van der Waals surface area (Å²) in [5.74, 6) is 1.47. The second-order valence-electron chi connectivity index (χ2n) is 5.91. The van der Waals surface area contributed by atoms with E-state index in [1.807, 2.05) is 44.4 Å². The van der Waals surface area contributed by atoms with E-state index in [4.69, 9.17) is 4.74 Å². The molecule has 0 fully saturated rings. The number of anilines is 2. The van der Waals surface area contributed by atoms with Crippen LogP contribution in [0.2, 0.25) is 0 Å². The highest BCUT2D eigenvalue weighted by molar-refractivity contribution is 5.63. The zero-order chi connectivity index (χ0) is 17.6. The van der Waals surface area contributed by atoms with Crippen molar-refractivity contribution in [2.24, 2.45) is 0 Å². The summed E-state index contributed by atoms with van der Waals surface area (Å²) in [5, 5.41) is 3.27. The summed E-state index contributed by atoms with van der Waals surface area (Å²) >= 11 is 0. The third kappa shape index (κ3) is 4.26. The van der Waals surface area contributed by atoms with Crippen LogP contribution in [0.1, 0.15) is 5.56 Å². The fourth-order valence-electron chi connectivity index (χ4n) is 2.46. The molecule has 0 radical (unpaired) electrons. The molecule has 0 bridgehead atoms. The lowest BCUT2D eigenvalue weighted by molar-refractivity contribution is 0.414. The number of nitrogens with zero attached hydrogens (tertiary/aromatic N) is 3. The quantitative estimate of drug-likeness (QED) is 0.742. The Hall–Kier alpha value is -3.08. The molecule has 5 heteroatoms. The van der Waals surface area contributed by atoms with E-state index in [1.165, 1.54) is 0 Å². The van der Waals surface area contributed by atoms with Crippen LogP contribution in [0, 0.1) is 0 Å². The van der Waals surface area contributed by atoms with Gasteiger partial charge >= 0.3 is 0 Å². The maximum atomic E-state index is 5.17. The molecule has 0 saturated heterocycles. The summed E-state index contributed by atoms with van der Waals surface area (Å²) in [6.45, 7) is 0.660. The van der Waals surface area contributed by atoms with Crippen molar-refractivity contribution in [2.45, 2.75) is 6.54 Å². The zero-order valence-electron chi connectivity index (χ0n) is 14.7. The molecule has 0 aliphatic rings. The fourth-order valence-corrected chi connectivity index (χ4v) is 2.46. The van der Waals surface area contributed by atoms with Crippen molar-refractivity contribution in [1.82, 2.24) is 9.97 Å². The van der Waals surface area contributed by atoms with Gasteiger partial charge < -0.3 is 15.0 Å². The molecule has 0 unspecified atom stereocenters.